The van der Waals surface area contributed by atoms with Crippen LogP contribution in [0.4, 0.5) is 14.5 Å². The van der Waals surface area contributed by atoms with Crippen molar-refractivity contribution in [1.29, 1.82) is 0 Å². The largest absolute Gasteiger partial charge is 0.435 e. The Kier molecular flexibility index (Phi) is 3.59. The molecule has 5 heteroatoms. The Labute approximate surface area is 122 Å². The number of rotatable bonds is 3. The van der Waals surface area contributed by atoms with Crippen molar-refractivity contribution in [2.45, 2.75) is 51.6 Å². The lowest BCUT2D eigenvalue weighted by atomic mass is 9.65. The van der Waals surface area contributed by atoms with Crippen LogP contribution in [0.3, 0.4) is 0 Å². The standard InChI is InChI=1S/C16H19F2NO2/c1-16(7-3-2-4-8-16)13-11-9-10(21-15(17)18)5-6-12(11)19-14(13)20/h5-6,9,13,15H,2-4,7-8H2,1H3,(H,19,20). The molecule has 1 N–H and O–H groups in total. The van der Waals surface area contributed by atoms with Gasteiger partial charge >= 0.3 is 6.61 Å². The lowest BCUT2D eigenvalue weighted by Crippen LogP contribution is -2.32. The minimum absolute atomic E-state index is 0.0244. The van der Waals surface area contributed by atoms with Gasteiger partial charge < -0.3 is 10.1 Å². The summed E-state index contributed by atoms with van der Waals surface area (Å²) in [4.78, 5) is 12.4. The van der Waals surface area contributed by atoms with E-state index in [0.717, 1.165) is 36.9 Å². The van der Waals surface area contributed by atoms with Gasteiger partial charge in [-0.15, -0.1) is 0 Å². The first-order valence-electron chi connectivity index (χ1n) is 7.39. The summed E-state index contributed by atoms with van der Waals surface area (Å²) in [6.45, 7) is -0.719. The molecular formula is C16H19F2NO2. The van der Waals surface area contributed by atoms with Crippen LogP contribution in [0.2, 0.25) is 0 Å². The van der Waals surface area contributed by atoms with Gasteiger partial charge in [-0.3, -0.25) is 4.79 Å². The quantitative estimate of drug-likeness (QED) is 0.903. The van der Waals surface area contributed by atoms with Gasteiger partial charge in [0.1, 0.15) is 5.75 Å². The zero-order chi connectivity index (χ0) is 15.0. The van der Waals surface area contributed by atoms with E-state index < -0.39 is 6.61 Å². The topological polar surface area (TPSA) is 38.3 Å². The van der Waals surface area contributed by atoms with Gasteiger partial charge in [0, 0.05) is 5.69 Å². The summed E-state index contributed by atoms with van der Waals surface area (Å²) in [6, 6.07) is 4.71. The van der Waals surface area contributed by atoms with E-state index in [0.29, 0.717) is 0 Å². The highest BCUT2D eigenvalue weighted by Crippen LogP contribution is 2.52. The number of fused-ring (bicyclic) bond motifs is 1. The zero-order valence-corrected chi connectivity index (χ0v) is 12.0. The van der Waals surface area contributed by atoms with Crippen molar-refractivity contribution in [3.05, 3.63) is 23.8 Å². The zero-order valence-electron chi connectivity index (χ0n) is 12.0. The van der Waals surface area contributed by atoms with E-state index in [2.05, 4.69) is 17.0 Å². The Balaban J connectivity index is 1.95. The molecule has 1 unspecified atom stereocenters. The van der Waals surface area contributed by atoms with E-state index in [1.165, 1.54) is 12.5 Å². The molecule has 0 radical (unpaired) electrons. The van der Waals surface area contributed by atoms with Crippen molar-refractivity contribution in [3.8, 4) is 5.75 Å². The van der Waals surface area contributed by atoms with Crippen LogP contribution >= 0.6 is 0 Å². The second-order valence-corrected chi connectivity index (χ2v) is 6.26. The number of nitrogens with one attached hydrogen (secondary N) is 1. The molecular weight excluding hydrogens is 276 g/mol. The number of benzene rings is 1. The third-order valence-corrected chi connectivity index (χ3v) is 4.77. The fourth-order valence-corrected chi connectivity index (χ4v) is 3.76. The lowest BCUT2D eigenvalue weighted by molar-refractivity contribution is -0.120. The normalized spacial score (nSPS) is 23.8. The summed E-state index contributed by atoms with van der Waals surface area (Å²) >= 11 is 0. The fraction of sp³-hybridized carbons (Fsp3) is 0.562. The van der Waals surface area contributed by atoms with Crippen molar-refractivity contribution >= 4 is 11.6 Å². The van der Waals surface area contributed by atoms with Crippen LogP contribution in [0.15, 0.2) is 18.2 Å². The smallest absolute Gasteiger partial charge is 0.387 e. The van der Waals surface area contributed by atoms with E-state index >= 15 is 0 Å². The summed E-state index contributed by atoms with van der Waals surface area (Å²) < 4.78 is 29.2. The maximum Gasteiger partial charge on any atom is 0.387 e. The van der Waals surface area contributed by atoms with Gasteiger partial charge in [0.15, 0.2) is 0 Å². The second-order valence-electron chi connectivity index (χ2n) is 6.26. The highest BCUT2D eigenvalue weighted by Gasteiger charge is 2.45. The van der Waals surface area contributed by atoms with Crippen LogP contribution in [-0.4, -0.2) is 12.5 Å². The summed E-state index contributed by atoms with van der Waals surface area (Å²) in [6.07, 6.45) is 5.41. The molecule has 2 aliphatic rings. The number of hydrogen-bond acceptors (Lipinski definition) is 2. The van der Waals surface area contributed by atoms with Gasteiger partial charge in [0.25, 0.3) is 0 Å². The summed E-state index contributed by atoms with van der Waals surface area (Å²) in [5.74, 6) is -0.178. The van der Waals surface area contributed by atoms with Crippen molar-refractivity contribution in [1.82, 2.24) is 0 Å². The summed E-state index contributed by atoms with van der Waals surface area (Å²) in [5, 5.41) is 2.87. The molecule has 1 amide bonds. The molecule has 3 nitrogen and oxygen atoms in total. The molecule has 1 fully saturated rings. The van der Waals surface area contributed by atoms with Crippen molar-refractivity contribution < 1.29 is 18.3 Å². The number of alkyl halides is 2. The molecule has 3 rings (SSSR count). The number of anilines is 1. The number of ether oxygens (including phenoxy) is 1. The minimum Gasteiger partial charge on any atom is -0.435 e. The van der Waals surface area contributed by atoms with Crippen LogP contribution in [-0.2, 0) is 4.79 Å². The van der Waals surface area contributed by atoms with Crippen LogP contribution in [0, 0.1) is 5.41 Å². The molecule has 0 aromatic heterocycles. The minimum atomic E-state index is -2.85. The molecule has 1 saturated carbocycles. The Morgan fingerprint density at radius 2 is 2.00 bits per heavy atom. The highest BCUT2D eigenvalue weighted by molar-refractivity contribution is 6.03. The Morgan fingerprint density at radius 1 is 1.29 bits per heavy atom. The number of amides is 1. The molecule has 1 atom stereocenters. The number of carbonyl (C=O) groups excluding carboxylic acids is 1. The number of carbonyl (C=O) groups is 1. The van der Waals surface area contributed by atoms with Gasteiger partial charge in [-0.2, -0.15) is 8.78 Å². The lowest BCUT2D eigenvalue weighted by Gasteiger charge is -2.38. The Bertz CT molecular complexity index is 553. The van der Waals surface area contributed by atoms with Gasteiger partial charge in [-0.05, 0) is 42.0 Å². The van der Waals surface area contributed by atoms with Gasteiger partial charge in [0.2, 0.25) is 5.91 Å². The first-order valence-corrected chi connectivity index (χ1v) is 7.39. The first kappa shape index (κ1) is 14.3. The molecule has 0 bridgehead atoms. The fourth-order valence-electron chi connectivity index (χ4n) is 3.76. The van der Waals surface area contributed by atoms with Gasteiger partial charge in [-0.1, -0.05) is 26.2 Å². The molecule has 1 aromatic carbocycles. The third-order valence-electron chi connectivity index (χ3n) is 4.77. The third kappa shape index (κ3) is 2.61. The van der Waals surface area contributed by atoms with Crippen LogP contribution < -0.4 is 10.1 Å². The Morgan fingerprint density at radius 3 is 2.67 bits per heavy atom. The molecule has 21 heavy (non-hydrogen) atoms. The predicted molar refractivity (Wildman–Crippen MR) is 75.6 cm³/mol. The van der Waals surface area contributed by atoms with E-state index in [-0.39, 0.29) is 23.0 Å². The van der Waals surface area contributed by atoms with Gasteiger partial charge in [0.05, 0.1) is 5.92 Å². The van der Waals surface area contributed by atoms with Crippen molar-refractivity contribution in [3.63, 3.8) is 0 Å². The predicted octanol–water partition coefficient (Wildman–Crippen LogP) is 4.29. The van der Waals surface area contributed by atoms with E-state index in [4.69, 9.17) is 0 Å². The van der Waals surface area contributed by atoms with Gasteiger partial charge in [-0.25, -0.2) is 0 Å². The van der Waals surface area contributed by atoms with E-state index in [9.17, 15) is 13.6 Å². The average Bonchev–Trinajstić information content (AvgIpc) is 2.74. The number of halogens is 2. The molecule has 114 valence electrons. The van der Waals surface area contributed by atoms with Crippen LogP contribution in [0.1, 0.15) is 50.5 Å². The van der Waals surface area contributed by atoms with Crippen molar-refractivity contribution in [2.75, 3.05) is 5.32 Å². The van der Waals surface area contributed by atoms with Crippen molar-refractivity contribution in [2.24, 2.45) is 5.41 Å². The van der Waals surface area contributed by atoms with Crippen LogP contribution in [0.25, 0.3) is 0 Å². The molecule has 1 aromatic rings. The monoisotopic (exact) mass is 295 g/mol. The first-order chi connectivity index (χ1) is 9.99. The van der Waals surface area contributed by atoms with Crippen LogP contribution in [0.5, 0.6) is 5.75 Å². The SMILES string of the molecule is CC1(C2C(=O)Nc3ccc(OC(F)F)cc32)CCCCC1. The summed E-state index contributed by atoms with van der Waals surface area (Å²) in [5.41, 5.74) is 1.41. The Hall–Kier alpha value is -1.65. The molecule has 1 aliphatic heterocycles. The number of hydrogen-bond donors (Lipinski definition) is 1. The summed E-state index contributed by atoms with van der Waals surface area (Å²) in [7, 11) is 0. The van der Waals surface area contributed by atoms with E-state index in [1.807, 2.05) is 0 Å². The maximum absolute atomic E-state index is 12.4. The second kappa shape index (κ2) is 5.28. The molecule has 1 aliphatic carbocycles. The van der Waals surface area contributed by atoms with E-state index in [1.54, 1.807) is 12.1 Å². The molecule has 0 saturated heterocycles. The molecule has 1 heterocycles. The maximum atomic E-state index is 12.4. The average molecular weight is 295 g/mol. The highest BCUT2D eigenvalue weighted by atomic mass is 19.3. The molecule has 0 spiro atoms.